The van der Waals surface area contributed by atoms with Crippen LogP contribution in [0.2, 0.25) is 5.02 Å². The number of carboxylic acids is 1. The van der Waals surface area contributed by atoms with Crippen LogP contribution in [0.25, 0.3) is 0 Å². The molecule has 3 fully saturated rings. The Kier molecular flexibility index (Phi) is 5.90. The maximum Gasteiger partial charge on any atom is 0.317 e. The van der Waals surface area contributed by atoms with Gasteiger partial charge in [-0.25, -0.2) is 0 Å². The summed E-state index contributed by atoms with van der Waals surface area (Å²) in [6, 6.07) is 7.06. The zero-order valence-corrected chi connectivity index (χ0v) is 16.6. The first-order valence-electron chi connectivity index (χ1n) is 10.3. The molecule has 1 heterocycles. The number of hydrogen-bond donors (Lipinski definition) is 2. The van der Waals surface area contributed by atoms with Crippen LogP contribution in [0.4, 0.5) is 5.69 Å². The second kappa shape index (κ2) is 8.38. The standard InChI is InChI=1S/C21H30ClN3O2/c22-19-4-3-5-20(24-8-1-2-9-24)18(19)12-23-16-10-17(11-16)25(14-21(26)27)13-15-6-7-15/h3-5,15-17,23H,1-2,6-14H2,(H,26,27). The molecule has 0 bridgehead atoms. The van der Waals surface area contributed by atoms with Gasteiger partial charge < -0.3 is 15.3 Å². The van der Waals surface area contributed by atoms with Gasteiger partial charge in [0.15, 0.2) is 0 Å². The monoisotopic (exact) mass is 391 g/mol. The first-order valence-corrected chi connectivity index (χ1v) is 10.7. The van der Waals surface area contributed by atoms with Crippen LogP contribution in [-0.4, -0.2) is 54.2 Å². The molecule has 0 aromatic heterocycles. The summed E-state index contributed by atoms with van der Waals surface area (Å²) < 4.78 is 0. The topological polar surface area (TPSA) is 55.8 Å². The van der Waals surface area contributed by atoms with E-state index in [-0.39, 0.29) is 6.54 Å². The average molecular weight is 392 g/mol. The quantitative estimate of drug-likeness (QED) is 0.676. The Hall–Kier alpha value is -1.30. The molecule has 5 nitrogen and oxygen atoms in total. The molecule has 148 valence electrons. The van der Waals surface area contributed by atoms with E-state index in [0.717, 1.165) is 50.0 Å². The molecule has 0 radical (unpaired) electrons. The minimum Gasteiger partial charge on any atom is -0.480 e. The molecular formula is C21H30ClN3O2. The van der Waals surface area contributed by atoms with Crippen molar-refractivity contribution in [3.05, 3.63) is 28.8 Å². The molecule has 4 rings (SSSR count). The summed E-state index contributed by atoms with van der Waals surface area (Å²) in [7, 11) is 0. The van der Waals surface area contributed by atoms with Crippen LogP contribution in [-0.2, 0) is 11.3 Å². The minimum atomic E-state index is -0.710. The first-order chi connectivity index (χ1) is 13.1. The number of aliphatic carboxylic acids is 1. The molecule has 2 saturated carbocycles. The van der Waals surface area contributed by atoms with Crippen molar-refractivity contribution in [2.75, 3.05) is 31.1 Å². The van der Waals surface area contributed by atoms with E-state index in [1.165, 1.54) is 36.9 Å². The number of anilines is 1. The summed E-state index contributed by atoms with van der Waals surface area (Å²) in [5.41, 5.74) is 2.47. The fourth-order valence-corrected chi connectivity index (χ4v) is 4.66. The second-order valence-corrected chi connectivity index (χ2v) is 8.81. The molecule has 0 unspecified atom stereocenters. The third kappa shape index (κ3) is 4.76. The minimum absolute atomic E-state index is 0.178. The van der Waals surface area contributed by atoms with E-state index in [9.17, 15) is 9.90 Å². The number of halogens is 1. The van der Waals surface area contributed by atoms with E-state index in [4.69, 9.17) is 11.6 Å². The van der Waals surface area contributed by atoms with Crippen LogP contribution in [0.5, 0.6) is 0 Å². The number of rotatable bonds is 9. The van der Waals surface area contributed by atoms with E-state index in [2.05, 4.69) is 21.2 Å². The summed E-state index contributed by atoms with van der Waals surface area (Å²) >= 11 is 6.51. The van der Waals surface area contributed by atoms with Crippen molar-refractivity contribution in [2.45, 2.75) is 57.2 Å². The highest BCUT2D eigenvalue weighted by molar-refractivity contribution is 6.31. The molecule has 27 heavy (non-hydrogen) atoms. The highest BCUT2D eigenvalue weighted by Crippen LogP contribution is 2.35. The zero-order valence-electron chi connectivity index (χ0n) is 15.9. The molecule has 1 aromatic carbocycles. The van der Waals surface area contributed by atoms with Gasteiger partial charge in [-0.2, -0.15) is 0 Å². The van der Waals surface area contributed by atoms with Gasteiger partial charge in [0, 0.05) is 54.5 Å². The molecule has 2 aliphatic carbocycles. The van der Waals surface area contributed by atoms with Gasteiger partial charge in [-0.15, -0.1) is 0 Å². The van der Waals surface area contributed by atoms with E-state index in [1.807, 2.05) is 12.1 Å². The third-order valence-electron chi connectivity index (χ3n) is 6.27. The van der Waals surface area contributed by atoms with Crippen molar-refractivity contribution in [3.8, 4) is 0 Å². The molecule has 3 aliphatic rings. The summed E-state index contributed by atoms with van der Waals surface area (Å²) in [5.74, 6) is 0.0147. The van der Waals surface area contributed by atoms with Crippen LogP contribution in [0.3, 0.4) is 0 Å². The summed E-state index contributed by atoms with van der Waals surface area (Å²) in [4.78, 5) is 15.8. The number of nitrogens with one attached hydrogen (secondary N) is 1. The largest absolute Gasteiger partial charge is 0.480 e. The Morgan fingerprint density at radius 1 is 1.26 bits per heavy atom. The molecule has 0 atom stereocenters. The van der Waals surface area contributed by atoms with Crippen LogP contribution < -0.4 is 10.2 Å². The van der Waals surface area contributed by atoms with Crippen molar-refractivity contribution in [1.82, 2.24) is 10.2 Å². The van der Waals surface area contributed by atoms with Crippen LogP contribution in [0.15, 0.2) is 18.2 Å². The fraction of sp³-hybridized carbons (Fsp3) is 0.667. The fourth-order valence-electron chi connectivity index (χ4n) is 4.42. The smallest absolute Gasteiger partial charge is 0.317 e. The lowest BCUT2D eigenvalue weighted by Crippen LogP contribution is -2.54. The normalized spacial score (nSPS) is 25.0. The van der Waals surface area contributed by atoms with Gasteiger partial charge in [0.1, 0.15) is 0 Å². The highest BCUT2D eigenvalue weighted by Gasteiger charge is 2.37. The van der Waals surface area contributed by atoms with Gasteiger partial charge in [0.2, 0.25) is 0 Å². The summed E-state index contributed by atoms with van der Waals surface area (Å²) in [5, 5.41) is 13.7. The Balaban J connectivity index is 1.31. The lowest BCUT2D eigenvalue weighted by Gasteiger charge is -2.43. The predicted molar refractivity (Wildman–Crippen MR) is 108 cm³/mol. The van der Waals surface area contributed by atoms with Crippen LogP contribution >= 0.6 is 11.6 Å². The maximum atomic E-state index is 11.2. The number of hydrogen-bond acceptors (Lipinski definition) is 4. The van der Waals surface area contributed by atoms with E-state index in [0.29, 0.717) is 12.1 Å². The van der Waals surface area contributed by atoms with Gasteiger partial charge >= 0.3 is 5.97 Å². The molecular weight excluding hydrogens is 362 g/mol. The lowest BCUT2D eigenvalue weighted by molar-refractivity contribution is -0.139. The zero-order chi connectivity index (χ0) is 18.8. The third-order valence-corrected chi connectivity index (χ3v) is 6.62. The van der Waals surface area contributed by atoms with Gasteiger partial charge in [-0.1, -0.05) is 17.7 Å². The second-order valence-electron chi connectivity index (χ2n) is 8.40. The molecule has 1 aliphatic heterocycles. The molecule has 0 amide bonds. The predicted octanol–water partition coefficient (Wildman–Crippen LogP) is 3.36. The average Bonchev–Trinajstić information content (AvgIpc) is 3.23. The Labute approximate surface area is 166 Å². The first kappa shape index (κ1) is 19.0. The molecule has 2 N–H and O–H groups in total. The Morgan fingerprint density at radius 3 is 2.67 bits per heavy atom. The van der Waals surface area contributed by atoms with E-state index in [1.54, 1.807) is 0 Å². The number of carboxylic acid groups (broad SMARTS) is 1. The van der Waals surface area contributed by atoms with Crippen molar-refractivity contribution >= 4 is 23.3 Å². The number of carbonyl (C=O) groups is 1. The van der Waals surface area contributed by atoms with Crippen molar-refractivity contribution < 1.29 is 9.90 Å². The van der Waals surface area contributed by atoms with E-state index >= 15 is 0 Å². The molecule has 6 heteroatoms. The van der Waals surface area contributed by atoms with Gasteiger partial charge in [-0.05, 0) is 56.6 Å². The molecule has 1 aromatic rings. The maximum absolute atomic E-state index is 11.2. The van der Waals surface area contributed by atoms with Crippen molar-refractivity contribution in [1.29, 1.82) is 0 Å². The van der Waals surface area contributed by atoms with Crippen molar-refractivity contribution in [3.63, 3.8) is 0 Å². The van der Waals surface area contributed by atoms with Crippen LogP contribution in [0, 0.1) is 5.92 Å². The van der Waals surface area contributed by atoms with Crippen LogP contribution in [0.1, 0.15) is 44.1 Å². The number of benzene rings is 1. The summed E-state index contributed by atoms with van der Waals surface area (Å²) in [6.45, 7) is 4.14. The van der Waals surface area contributed by atoms with Crippen molar-refractivity contribution in [2.24, 2.45) is 5.92 Å². The van der Waals surface area contributed by atoms with Gasteiger partial charge in [-0.3, -0.25) is 9.69 Å². The van der Waals surface area contributed by atoms with E-state index < -0.39 is 5.97 Å². The summed E-state index contributed by atoms with van der Waals surface area (Å²) in [6.07, 6.45) is 7.09. The number of nitrogens with zero attached hydrogens (tertiary/aromatic N) is 2. The van der Waals surface area contributed by atoms with Gasteiger partial charge in [0.25, 0.3) is 0 Å². The molecule has 0 spiro atoms. The molecule has 1 saturated heterocycles. The lowest BCUT2D eigenvalue weighted by atomic mass is 9.85. The Morgan fingerprint density at radius 2 is 2.00 bits per heavy atom. The Bertz CT molecular complexity index is 667. The SMILES string of the molecule is O=C(O)CN(CC1CC1)C1CC(NCc2c(Cl)cccc2N2CCCC2)C1. The van der Waals surface area contributed by atoms with Gasteiger partial charge in [0.05, 0.1) is 6.54 Å². The highest BCUT2D eigenvalue weighted by atomic mass is 35.5.